The number of rotatable bonds is 5. The van der Waals surface area contributed by atoms with Gasteiger partial charge in [-0.1, -0.05) is 18.2 Å². The van der Waals surface area contributed by atoms with Crippen LogP contribution < -0.4 is 10.6 Å². The molecule has 0 radical (unpaired) electrons. The van der Waals surface area contributed by atoms with Crippen molar-refractivity contribution in [3.05, 3.63) is 36.4 Å². The fourth-order valence-electron chi connectivity index (χ4n) is 2.68. The molecule has 4 nitrogen and oxygen atoms in total. The SMILES string of the molecule is Nc1ccc(N(CCO)CCO)c2sc3ccccc3c12. The van der Waals surface area contributed by atoms with Crippen LogP contribution in [0.2, 0.25) is 0 Å². The van der Waals surface area contributed by atoms with Crippen molar-refractivity contribution in [2.24, 2.45) is 0 Å². The molecule has 0 atom stereocenters. The molecule has 3 rings (SSSR count). The van der Waals surface area contributed by atoms with E-state index in [4.69, 9.17) is 5.73 Å². The van der Waals surface area contributed by atoms with Gasteiger partial charge in [-0.05, 0) is 18.2 Å². The second kappa shape index (κ2) is 5.89. The van der Waals surface area contributed by atoms with Crippen LogP contribution in [0.25, 0.3) is 20.2 Å². The number of aliphatic hydroxyl groups is 2. The summed E-state index contributed by atoms with van der Waals surface area (Å²) in [6.45, 7) is 1.09. The summed E-state index contributed by atoms with van der Waals surface area (Å²) in [6, 6.07) is 12.1. The van der Waals surface area contributed by atoms with Gasteiger partial charge in [0.05, 0.1) is 23.6 Å². The van der Waals surface area contributed by atoms with Crippen molar-refractivity contribution >= 4 is 42.9 Å². The van der Waals surface area contributed by atoms with E-state index in [1.54, 1.807) is 11.3 Å². The Kier molecular flexibility index (Phi) is 3.96. The summed E-state index contributed by atoms with van der Waals surface area (Å²) in [7, 11) is 0. The average molecular weight is 302 g/mol. The van der Waals surface area contributed by atoms with E-state index in [9.17, 15) is 10.2 Å². The monoisotopic (exact) mass is 302 g/mol. The Morgan fingerprint density at radius 3 is 2.43 bits per heavy atom. The second-order valence-electron chi connectivity index (χ2n) is 4.91. The first-order chi connectivity index (χ1) is 10.3. The third kappa shape index (κ3) is 2.44. The summed E-state index contributed by atoms with van der Waals surface area (Å²) in [5.74, 6) is 0. The Hall–Kier alpha value is -1.82. The molecule has 5 heteroatoms. The molecule has 4 N–H and O–H groups in total. The number of benzene rings is 2. The van der Waals surface area contributed by atoms with Crippen LogP contribution in [0.1, 0.15) is 0 Å². The fraction of sp³-hybridized carbons (Fsp3) is 0.250. The molecular formula is C16H18N2O2S. The van der Waals surface area contributed by atoms with Gasteiger partial charge in [-0.15, -0.1) is 11.3 Å². The zero-order valence-electron chi connectivity index (χ0n) is 11.6. The van der Waals surface area contributed by atoms with Crippen LogP contribution in [-0.4, -0.2) is 36.5 Å². The smallest absolute Gasteiger partial charge is 0.0609 e. The molecule has 1 aromatic heterocycles. The number of hydrogen-bond donors (Lipinski definition) is 3. The zero-order valence-corrected chi connectivity index (χ0v) is 12.4. The zero-order chi connectivity index (χ0) is 14.8. The van der Waals surface area contributed by atoms with Gasteiger partial charge in [-0.2, -0.15) is 0 Å². The van der Waals surface area contributed by atoms with E-state index >= 15 is 0 Å². The lowest BCUT2D eigenvalue weighted by Gasteiger charge is -2.23. The van der Waals surface area contributed by atoms with E-state index in [-0.39, 0.29) is 13.2 Å². The Labute approximate surface area is 127 Å². The summed E-state index contributed by atoms with van der Waals surface area (Å²) in [5, 5.41) is 20.7. The van der Waals surface area contributed by atoms with E-state index < -0.39 is 0 Å². The van der Waals surface area contributed by atoms with Crippen LogP contribution >= 0.6 is 11.3 Å². The molecule has 3 aromatic rings. The minimum absolute atomic E-state index is 0.0523. The average Bonchev–Trinajstić information content (AvgIpc) is 2.88. The van der Waals surface area contributed by atoms with E-state index in [2.05, 4.69) is 12.1 Å². The molecule has 0 unspecified atom stereocenters. The molecule has 0 spiro atoms. The van der Waals surface area contributed by atoms with Gasteiger partial charge in [-0.25, -0.2) is 0 Å². The number of fused-ring (bicyclic) bond motifs is 3. The molecule has 0 saturated carbocycles. The lowest BCUT2D eigenvalue weighted by atomic mass is 10.1. The fourth-order valence-corrected chi connectivity index (χ4v) is 3.96. The Morgan fingerprint density at radius 2 is 1.71 bits per heavy atom. The third-order valence-corrected chi connectivity index (χ3v) is 4.81. The first-order valence-corrected chi connectivity index (χ1v) is 7.74. The maximum absolute atomic E-state index is 9.25. The van der Waals surface area contributed by atoms with Crippen LogP contribution in [0.5, 0.6) is 0 Å². The highest BCUT2D eigenvalue weighted by Gasteiger charge is 2.15. The van der Waals surface area contributed by atoms with Crippen molar-refractivity contribution in [1.29, 1.82) is 0 Å². The van der Waals surface area contributed by atoms with Crippen molar-refractivity contribution in [3.63, 3.8) is 0 Å². The number of anilines is 2. The number of aliphatic hydroxyl groups excluding tert-OH is 2. The van der Waals surface area contributed by atoms with Crippen molar-refractivity contribution < 1.29 is 10.2 Å². The van der Waals surface area contributed by atoms with Crippen LogP contribution in [0.3, 0.4) is 0 Å². The van der Waals surface area contributed by atoms with E-state index in [1.807, 2.05) is 29.2 Å². The summed E-state index contributed by atoms with van der Waals surface area (Å²) in [5.41, 5.74) is 7.95. The van der Waals surface area contributed by atoms with E-state index in [1.165, 1.54) is 4.70 Å². The Bertz CT molecular complexity index is 763. The highest BCUT2D eigenvalue weighted by Crippen LogP contribution is 2.42. The first kappa shape index (κ1) is 14.1. The van der Waals surface area contributed by atoms with Crippen LogP contribution in [0, 0.1) is 0 Å². The molecule has 2 aromatic carbocycles. The van der Waals surface area contributed by atoms with Crippen LogP contribution in [-0.2, 0) is 0 Å². The number of thiophene rings is 1. The Balaban J connectivity index is 2.26. The van der Waals surface area contributed by atoms with Gasteiger partial charge in [0.1, 0.15) is 0 Å². The minimum atomic E-state index is 0.0523. The summed E-state index contributed by atoms with van der Waals surface area (Å²) >= 11 is 1.70. The largest absolute Gasteiger partial charge is 0.398 e. The van der Waals surface area contributed by atoms with Crippen molar-refractivity contribution in [2.45, 2.75) is 0 Å². The normalized spacial score (nSPS) is 11.3. The van der Waals surface area contributed by atoms with Gasteiger partial charge in [0.25, 0.3) is 0 Å². The molecule has 0 aliphatic heterocycles. The summed E-state index contributed by atoms with van der Waals surface area (Å²) in [6.07, 6.45) is 0. The molecule has 0 amide bonds. The molecule has 0 bridgehead atoms. The molecule has 1 heterocycles. The maximum Gasteiger partial charge on any atom is 0.0609 e. The third-order valence-electron chi connectivity index (χ3n) is 3.62. The maximum atomic E-state index is 9.25. The lowest BCUT2D eigenvalue weighted by Crippen LogP contribution is -2.29. The highest BCUT2D eigenvalue weighted by atomic mass is 32.1. The number of hydrogen-bond acceptors (Lipinski definition) is 5. The highest BCUT2D eigenvalue weighted by molar-refractivity contribution is 7.26. The summed E-state index contributed by atoms with van der Waals surface area (Å²) in [4.78, 5) is 2.00. The van der Waals surface area contributed by atoms with Crippen molar-refractivity contribution in [2.75, 3.05) is 36.9 Å². The van der Waals surface area contributed by atoms with Crippen LogP contribution in [0.15, 0.2) is 36.4 Å². The van der Waals surface area contributed by atoms with E-state index in [0.717, 1.165) is 26.8 Å². The van der Waals surface area contributed by atoms with Gasteiger partial charge in [0, 0.05) is 34.2 Å². The van der Waals surface area contributed by atoms with Gasteiger partial charge in [-0.3, -0.25) is 0 Å². The quantitative estimate of drug-likeness (QED) is 0.633. The minimum Gasteiger partial charge on any atom is -0.398 e. The molecule has 21 heavy (non-hydrogen) atoms. The van der Waals surface area contributed by atoms with Gasteiger partial charge >= 0.3 is 0 Å². The predicted molar refractivity (Wildman–Crippen MR) is 90.1 cm³/mol. The lowest BCUT2D eigenvalue weighted by molar-refractivity contribution is 0.281. The van der Waals surface area contributed by atoms with Crippen LogP contribution in [0.4, 0.5) is 11.4 Å². The number of nitrogens with two attached hydrogens (primary N) is 1. The molecular weight excluding hydrogens is 284 g/mol. The molecule has 0 fully saturated rings. The van der Waals surface area contributed by atoms with Crippen molar-refractivity contribution in [3.8, 4) is 0 Å². The predicted octanol–water partition coefficient (Wildman–Crippen LogP) is 2.43. The van der Waals surface area contributed by atoms with Gasteiger partial charge < -0.3 is 20.8 Å². The standard InChI is InChI=1S/C16H18N2O2S/c17-12-5-6-13(18(7-9-19)8-10-20)16-15(12)11-3-1-2-4-14(11)21-16/h1-6,19-20H,7-10,17H2. The van der Waals surface area contributed by atoms with E-state index in [0.29, 0.717) is 13.1 Å². The molecule has 0 aliphatic rings. The number of nitrogen functional groups attached to an aromatic ring is 1. The molecule has 110 valence electrons. The molecule has 0 aliphatic carbocycles. The van der Waals surface area contributed by atoms with Gasteiger partial charge in [0.15, 0.2) is 0 Å². The van der Waals surface area contributed by atoms with Crippen molar-refractivity contribution in [1.82, 2.24) is 0 Å². The first-order valence-electron chi connectivity index (χ1n) is 6.92. The second-order valence-corrected chi connectivity index (χ2v) is 5.96. The molecule has 0 saturated heterocycles. The topological polar surface area (TPSA) is 69.7 Å². The van der Waals surface area contributed by atoms with Gasteiger partial charge in [0.2, 0.25) is 0 Å². The number of nitrogens with zero attached hydrogens (tertiary/aromatic N) is 1. The Morgan fingerprint density at radius 1 is 1.00 bits per heavy atom. The summed E-state index contributed by atoms with van der Waals surface area (Å²) < 4.78 is 2.30.